The first-order chi connectivity index (χ1) is 7.72. The van der Waals surface area contributed by atoms with Gasteiger partial charge in [-0.2, -0.15) is 0 Å². The highest BCUT2D eigenvalue weighted by atomic mass is 16.5. The zero-order valence-corrected chi connectivity index (χ0v) is 9.18. The number of aliphatic hydroxyl groups excluding tert-OH is 1. The molecule has 0 radical (unpaired) electrons. The third-order valence-electron chi connectivity index (χ3n) is 2.66. The number of benzene rings is 1. The van der Waals surface area contributed by atoms with Crippen molar-refractivity contribution in [1.82, 2.24) is 0 Å². The lowest BCUT2D eigenvalue weighted by Gasteiger charge is -2.11. The van der Waals surface area contributed by atoms with E-state index in [1.807, 2.05) is 18.2 Å². The maximum Gasteiger partial charge on any atom is 0.123 e. The van der Waals surface area contributed by atoms with Crippen LogP contribution in [0.25, 0.3) is 0 Å². The van der Waals surface area contributed by atoms with E-state index in [-0.39, 0.29) is 6.61 Å². The number of ether oxygens (including phenoxy) is 1. The van der Waals surface area contributed by atoms with Crippen LogP contribution in [0.3, 0.4) is 0 Å². The zero-order chi connectivity index (χ0) is 11.5. The van der Waals surface area contributed by atoms with Crippen molar-refractivity contribution in [3.8, 4) is 5.75 Å². The lowest BCUT2D eigenvalue weighted by Crippen LogP contribution is -2.13. The van der Waals surface area contributed by atoms with Crippen LogP contribution in [0.1, 0.15) is 24.5 Å². The van der Waals surface area contributed by atoms with E-state index in [2.05, 4.69) is 5.16 Å². The average Bonchev–Trinajstić information content (AvgIpc) is 2.69. The summed E-state index contributed by atoms with van der Waals surface area (Å²) >= 11 is 0. The molecule has 0 bridgehead atoms. The molecule has 1 aromatic rings. The van der Waals surface area contributed by atoms with Gasteiger partial charge in [-0.25, -0.2) is 0 Å². The first kappa shape index (κ1) is 11.0. The number of nitrogens with zero attached hydrogens (tertiary/aromatic N) is 1. The minimum atomic E-state index is -0.483. The van der Waals surface area contributed by atoms with Crippen LogP contribution >= 0.6 is 0 Å². The largest absolute Gasteiger partial charge is 0.491 e. The summed E-state index contributed by atoms with van der Waals surface area (Å²) in [5.74, 6) is 0.775. The molecule has 1 atom stereocenters. The smallest absolute Gasteiger partial charge is 0.123 e. The molecule has 0 aromatic heterocycles. The molecule has 1 aliphatic rings. The first-order valence-electron chi connectivity index (χ1n) is 5.36. The molecule has 0 saturated heterocycles. The molecule has 1 unspecified atom stereocenters. The fourth-order valence-corrected chi connectivity index (χ4v) is 1.92. The second-order valence-electron chi connectivity index (χ2n) is 3.99. The summed E-state index contributed by atoms with van der Waals surface area (Å²) in [7, 11) is 0. The Morgan fingerprint density at radius 2 is 2.25 bits per heavy atom. The van der Waals surface area contributed by atoms with Crippen LogP contribution < -0.4 is 4.74 Å². The normalized spacial score (nSPS) is 18.5. The SMILES string of the molecule is CC(O)COc1cccc2c1CCC2=NO. The molecule has 0 spiro atoms. The molecule has 0 aliphatic heterocycles. The molecule has 0 amide bonds. The Morgan fingerprint density at radius 1 is 1.44 bits per heavy atom. The lowest BCUT2D eigenvalue weighted by atomic mass is 10.1. The molecule has 0 saturated carbocycles. The Hall–Kier alpha value is -1.55. The molecule has 4 heteroatoms. The monoisotopic (exact) mass is 221 g/mol. The average molecular weight is 221 g/mol. The predicted octanol–water partition coefficient (Wildman–Crippen LogP) is 1.57. The zero-order valence-electron chi connectivity index (χ0n) is 9.18. The van der Waals surface area contributed by atoms with Crippen LogP contribution in [0.2, 0.25) is 0 Å². The van der Waals surface area contributed by atoms with Crippen molar-refractivity contribution in [3.05, 3.63) is 29.3 Å². The van der Waals surface area contributed by atoms with Crippen LogP contribution in [0, 0.1) is 0 Å². The molecular weight excluding hydrogens is 206 g/mol. The molecule has 2 rings (SSSR count). The van der Waals surface area contributed by atoms with E-state index in [1.54, 1.807) is 6.92 Å². The second kappa shape index (κ2) is 4.53. The molecule has 16 heavy (non-hydrogen) atoms. The van der Waals surface area contributed by atoms with E-state index in [1.165, 1.54) is 0 Å². The van der Waals surface area contributed by atoms with Crippen molar-refractivity contribution in [2.24, 2.45) is 5.16 Å². The van der Waals surface area contributed by atoms with Gasteiger partial charge in [-0.1, -0.05) is 17.3 Å². The topological polar surface area (TPSA) is 62.0 Å². The third-order valence-corrected chi connectivity index (χ3v) is 2.66. The van der Waals surface area contributed by atoms with Gasteiger partial charge >= 0.3 is 0 Å². The number of rotatable bonds is 3. The first-order valence-corrected chi connectivity index (χ1v) is 5.36. The lowest BCUT2D eigenvalue weighted by molar-refractivity contribution is 0.122. The van der Waals surface area contributed by atoms with Crippen molar-refractivity contribution in [3.63, 3.8) is 0 Å². The summed E-state index contributed by atoms with van der Waals surface area (Å²) < 4.78 is 5.52. The number of hydrogen-bond donors (Lipinski definition) is 2. The minimum absolute atomic E-state index is 0.280. The highest BCUT2D eigenvalue weighted by Crippen LogP contribution is 2.30. The highest BCUT2D eigenvalue weighted by Gasteiger charge is 2.21. The van der Waals surface area contributed by atoms with Gasteiger partial charge in [0.15, 0.2) is 0 Å². The number of oxime groups is 1. The van der Waals surface area contributed by atoms with Gasteiger partial charge in [0.05, 0.1) is 11.8 Å². The number of aliphatic hydroxyl groups is 1. The maximum absolute atomic E-state index is 9.17. The van der Waals surface area contributed by atoms with E-state index in [9.17, 15) is 5.11 Å². The van der Waals surface area contributed by atoms with Gasteiger partial charge in [0.1, 0.15) is 12.4 Å². The van der Waals surface area contributed by atoms with Crippen LogP contribution in [-0.2, 0) is 6.42 Å². The maximum atomic E-state index is 9.17. The van der Waals surface area contributed by atoms with Gasteiger partial charge < -0.3 is 15.1 Å². The summed E-state index contributed by atoms with van der Waals surface area (Å²) in [5, 5.41) is 21.3. The molecular formula is C12H15NO3. The van der Waals surface area contributed by atoms with Crippen molar-refractivity contribution in [1.29, 1.82) is 0 Å². The Morgan fingerprint density at radius 3 is 2.94 bits per heavy atom. The Balaban J connectivity index is 2.25. The van der Waals surface area contributed by atoms with Gasteiger partial charge in [0.25, 0.3) is 0 Å². The minimum Gasteiger partial charge on any atom is -0.491 e. The summed E-state index contributed by atoms with van der Waals surface area (Å²) in [4.78, 5) is 0. The third kappa shape index (κ3) is 2.02. The van der Waals surface area contributed by atoms with Gasteiger partial charge in [0, 0.05) is 11.1 Å². The molecule has 0 fully saturated rings. The van der Waals surface area contributed by atoms with Gasteiger partial charge in [-0.3, -0.25) is 0 Å². The summed E-state index contributed by atoms with van der Waals surface area (Å²) in [6.07, 6.45) is 1.08. The van der Waals surface area contributed by atoms with Crippen molar-refractivity contribution >= 4 is 5.71 Å². The van der Waals surface area contributed by atoms with Crippen molar-refractivity contribution in [2.75, 3.05) is 6.61 Å². The summed E-state index contributed by atoms with van der Waals surface area (Å²) in [6, 6.07) is 5.67. The quantitative estimate of drug-likeness (QED) is 0.601. The molecule has 1 aromatic carbocycles. The fraction of sp³-hybridized carbons (Fsp3) is 0.417. The van der Waals surface area contributed by atoms with Gasteiger partial charge in [-0.15, -0.1) is 0 Å². The fourth-order valence-electron chi connectivity index (χ4n) is 1.92. The Bertz CT molecular complexity index is 413. The highest BCUT2D eigenvalue weighted by molar-refractivity contribution is 6.04. The van der Waals surface area contributed by atoms with Crippen LogP contribution in [0.5, 0.6) is 5.75 Å². The van der Waals surface area contributed by atoms with Gasteiger partial charge in [-0.05, 0) is 25.8 Å². The van der Waals surface area contributed by atoms with Gasteiger partial charge in [0.2, 0.25) is 0 Å². The van der Waals surface area contributed by atoms with Crippen LogP contribution in [0.15, 0.2) is 23.4 Å². The molecule has 1 aliphatic carbocycles. The van der Waals surface area contributed by atoms with E-state index < -0.39 is 6.10 Å². The van der Waals surface area contributed by atoms with E-state index in [0.717, 1.165) is 29.7 Å². The Labute approximate surface area is 94.2 Å². The molecule has 0 heterocycles. The standard InChI is InChI=1S/C12H15NO3/c1-8(14)7-16-12-4-2-3-9-10(12)5-6-11(9)13-15/h2-4,8,14-15H,5-7H2,1H3. The number of hydrogen-bond acceptors (Lipinski definition) is 4. The van der Waals surface area contributed by atoms with E-state index >= 15 is 0 Å². The van der Waals surface area contributed by atoms with Crippen molar-refractivity contribution < 1.29 is 15.1 Å². The Kier molecular flexibility index (Phi) is 3.10. The van der Waals surface area contributed by atoms with Crippen LogP contribution in [-0.4, -0.2) is 28.7 Å². The molecule has 2 N–H and O–H groups in total. The molecule has 4 nitrogen and oxygen atoms in total. The summed E-state index contributed by atoms with van der Waals surface area (Å²) in [5.41, 5.74) is 2.72. The molecule has 86 valence electrons. The van der Waals surface area contributed by atoms with E-state index in [4.69, 9.17) is 9.94 Å². The second-order valence-corrected chi connectivity index (χ2v) is 3.99. The van der Waals surface area contributed by atoms with E-state index in [0.29, 0.717) is 5.71 Å². The predicted molar refractivity (Wildman–Crippen MR) is 60.3 cm³/mol. The van der Waals surface area contributed by atoms with Crippen LogP contribution in [0.4, 0.5) is 0 Å². The summed E-state index contributed by atoms with van der Waals surface area (Å²) in [6.45, 7) is 1.96. The van der Waals surface area contributed by atoms with Crippen molar-refractivity contribution in [2.45, 2.75) is 25.9 Å². The number of fused-ring (bicyclic) bond motifs is 1.